The topological polar surface area (TPSA) is 49.8 Å². The van der Waals surface area contributed by atoms with Gasteiger partial charge in [0, 0.05) is 13.1 Å². The van der Waals surface area contributed by atoms with Gasteiger partial charge in [-0.1, -0.05) is 31.5 Å². The van der Waals surface area contributed by atoms with Gasteiger partial charge < -0.3 is 14.7 Å². The summed E-state index contributed by atoms with van der Waals surface area (Å²) < 4.78 is 5.64. The second kappa shape index (κ2) is 12.5. The molecule has 0 unspecified atom stereocenters. The molecule has 0 heterocycles. The molecule has 0 fully saturated rings. The molecular weight excluding hydrogens is 290 g/mol. The molecule has 0 atom stereocenters. The second-order valence-electron chi connectivity index (χ2n) is 4.85. The number of nitrogens with zero attached hydrogens (tertiary/aromatic N) is 1. The number of carboxylic acids is 1. The first kappa shape index (κ1) is 19.7. The van der Waals surface area contributed by atoms with Crippen LogP contribution in [0.1, 0.15) is 32.6 Å². The lowest BCUT2D eigenvalue weighted by Gasteiger charge is -2.21. The van der Waals surface area contributed by atoms with Crippen LogP contribution >= 0.6 is 12.4 Å². The first-order valence-electron chi connectivity index (χ1n) is 7.34. The number of aliphatic carboxylic acids is 1. The predicted molar refractivity (Wildman–Crippen MR) is 87.4 cm³/mol. The molecule has 1 aromatic carbocycles. The van der Waals surface area contributed by atoms with E-state index in [0.717, 1.165) is 38.1 Å². The Morgan fingerprint density at radius 3 is 2.43 bits per heavy atom. The predicted octanol–water partition coefficient (Wildman–Crippen LogP) is 3.45. The maximum absolute atomic E-state index is 10.6. The van der Waals surface area contributed by atoms with E-state index in [9.17, 15) is 4.79 Å². The summed E-state index contributed by atoms with van der Waals surface area (Å²) >= 11 is 0. The summed E-state index contributed by atoms with van der Waals surface area (Å²) in [6.45, 7) is 5.30. The summed E-state index contributed by atoms with van der Waals surface area (Å²) in [6, 6.07) is 9.76. The molecule has 0 aliphatic rings. The van der Waals surface area contributed by atoms with E-state index in [1.807, 2.05) is 30.3 Å². The molecule has 1 aromatic rings. The summed E-state index contributed by atoms with van der Waals surface area (Å²) in [4.78, 5) is 12.9. The fraction of sp³-hybridized carbons (Fsp3) is 0.562. The number of unbranched alkanes of at least 4 members (excludes halogenated alkanes) is 1. The molecule has 21 heavy (non-hydrogen) atoms. The van der Waals surface area contributed by atoms with E-state index in [1.54, 1.807) is 0 Å². The Kier molecular flexibility index (Phi) is 11.7. The smallest absolute Gasteiger partial charge is 0.304 e. The van der Waals surface area contributed by atoms with Crippen LogP contribution in [-0.2, 0) is 4.79 Å². The molecule has 0 spiro atoms. The molecule has 0 aliphatic carbocycles. The van der Waals surface area contributed by atoms with E-state index >= 15 is 0 Å². The highest BCUT2D eigenvalue weighted by molar-refractivity contribution is 5.85. The Balaban J connectivity index is 0.00000400. The van der Waals surface area contributed by atoms with Crippen LogP contribution in [-0.4, -0.2) is 42.2 Å². The van der Waals surface area contributed by atoms with E-state index < -0.39 is 5.97 Å². The molecule has 0 saturated carbocycles. The van der Waals surface area contributed by atoms with Gasteiger partial charge in [-0.05, 0) is 31.5 Å². The van der Waals surface area contributed by atoms with Crippen molar-refractivity contribution in [1.29, 1.82) is 0 Å². The Morgan fingerprint density at radius 1 is 1.14 bits per heavy atom. The zero-order valence-corrected chi connectivity index (χ0v) is 13.5. The monoisotopic (exact) mass is 315 g/mol. The van der Waals surface area contributed by atoms with Gasteiger partial charge in [0.05, 0.1) is 13.0 Å². The van der Waals surface area contributed by atoms with E-state index in [1.165, 1.54) is 0 Å². The Labute approximate surface area is 133 Å². The highest BCUT2D eigenvalue weighted by Crippen LogP contribution is 2.08. The van der Waals surface area contributed by atoms with E-state index in [4.69, 9.17) is 9.84 Å². The minimum absolute atomic E-state index is 0. The molecule has 0 amide bonds. The lowest BCUT2D eigenvalue weighted by molar-refractivity contribution is -0.137. The lowest BCUT2D eigenvalue weighted by atomic mass is 10.2. The lowest BCUT2D eigenvalue weighted by Crippen LogP contribution is -2.29. The summed E-state index contributed by atoms with van der Waals surface area (Å²) in [5.41, 5.74) is 0. The zero-order chi connectivity index (χ0) is 14.6. The van der Waals surface area contributed by atoms with Crippen molar-refractivity contribution in [3.05, 3.63) is 30.3 Å². The van der Waals surface area contributed by atoms with Gasteiger partial charge in [0.25, 0.3) is 0 Å². The molecule has 0 saturated heterocycles. The fourth-order valence-electron chi connectivity index (χ4n) is 1.97. The molecule has 1 N–H and O–H groups in total. The van der Waals surface area contributed by atoms with Gasteiger partial charge in [0.1, 0.15) is 5.75 Å². The third-order valence-corrected chi connectivity index (χ3v) is 3.10. The fourth-order valence-corrected chi connectivity index (χ4v) is 1.97. The van der Waals surface area contributed by atoms with Crippen molar-refractivity contribution in [2.24, 2.45) is 0 Å². The number of para-hydroxylation sites is 1. The van der Waals surface area contributed by atoms with Gasteiger partial charge in [-0.15, -0.1) is 12.4 Å². The number of hydrogen-bond acceptors (Lipinski definition) is 3. The van der Waals surface area contributed by atoms with E-state index in [2.05, 4.69) is 11.8 Å². The second-order valence-corrected chi connectivity index (χ2v) is 4.85. The molecule has 1 rings (SSSR count). The van der Waals surface area contributed by atoms with Crippen molar-refractivity contribution in [2.45, 2.75) is 32.6 Å². The highest BCUT2D eigenvalue weighted by atomic mass is 35.5. The van der Waals surface area contributed by atoms with Gasteiger partial charge in [0.2, 0.25) is 0 Å². The van der Waals surface area contributed by atoms with Crippen molar-refractivity contribution in [1.82, 2.24) is 4.90 Å². The summed E-state index contributed by atoms with van der Waals surface area (Å²) in [5, 5.41) is 8.76. The molecule has 0 bridgehead atoms. The minimum atomic E-state index is -0.730. The maximum Gasteiger partial charge on any atom is 0.304 e. The minimum Gasteiger partial charge on any atom is -0.494 e. The number of benzene rings is 1. The normalized spacial score (nSPS) is 10.2. The van der Waals surface area contributed by atoms with Crippen molar-refractivity contribution in [3.8, 4) is 5.75 Å². The average Bonchev–Trinajstić information content (AvgIpc) is 2.46. The molecule has 0 aliphatic heterocycles. The van der Waals surface area contributed by atoms with Crippen molar-refractivity contribution in [3.63, 3.8) is 0 Å². The molecule has 5 heteroatoms. The highest BCUT2D eigenvalue weighted by Gasteiger charge is 2.07. The molecule has 0 radical (unpaired) electrons. The van der Waals surface area contributed by atoms with Crippen LogP contribution < -0.4 is 4.74 Å². The Bertz CT molecular complexity index is 373. The van der Waals surface area contributed by atoms with Crippen molar-refractivity contribution < 1.29 is 14.6 Å². The van der Waals surface area contributed by atoms with Gasteiger partial charge in [-0.25, -0.2) is 0 Å². The quantitative estimate of drug-likeness (QED) is 0.635. The van der Waals surface area contributed by atoms with Gasteiger partial charge in [-0.2, -0.15) is 0 Å². The van der Waals surface area contributed by atoms with Crippen LogP contribution in [0.5, 0.6) is 5.75 Å². The van der Waals surface area contributed by atoms with Crippen LogP contribution in [0.25, 0.3) is 0 Å². The zero-order valence-electron chi connectivity index (χ0n) is 12.7. The molecular formula is C16H26ClNO3. The first-order chi connectivity index (χ1) is 9.72. The first-order valence-corrected chi connectivity index (χ1v) is 7.34. The third kappa shape index (κ3) is 10.2. The summed E-state index contributed by atoms with van der Waals surface area (Å²) in [5.74, 6) is 0.158. The Morgan fingerprint density at radius 2 is 1.81 bits per heavy atom. The van der Waals surface area contributed by atoms with Crippen molar-refractivity contribution in [2.75, 3.05) is 26.2 Å². The van der Waals surface area contributed by atoms with Crippen LogP contribution in [0.4, 0.5) is 0 Å². The molecule has 4 nitrogen and oxygen atoms in total. The van der Waals surface area contributed by atoms with Crippen LogP contribution in [0.15, 0.2) is 30.3 Å². The van der Waals surface area contributed by atoms with Crippen molar-refractivity contribution >= 4 is 18.4 Å². The SMILES string of the molecule is CCCCN(CCCOc1ccccc1)CCC(=O)O.Cl. The van der Waals surface area contributed by atoms with Crippen LogP contribution in [0, 0.1) is 0 Å². The van der Waals surface area contributed by atoms with Crippen LogP contribution in [0.2, 0.25) is 0 Å². The standard InChI is InChI=1S/C16H25NO3.ClH/c1-2-3-11-17(13-10-16(18)19)12-7-14-20-15-8-5-4-6-9-15;/h4-6,8-9H,2-3,7,10-14H2,1H3,(H,18,19);1H. The number of hydrogen-bond donors (Lipinski definition) is 1. The number of ether oxygens (including phenoxy) is 1. The van der Waals surface area contributed by atoms with Gasteiger partial charge >= 0.3 is 5.97 Å². The average molecular weight is 316 g/mol. The van der Waals surface area contributed by atoms with Gasteiger partial charge in [-0.3, -0.25) is 4.79 Å². The molecule has 0 aromatic heterocycles. The number of carboxylic acid groups (broad SMARTS) is 1. The summed E-state index contributed by atoms with van der Waals surface area (Å²) in [7, 11) is 0. The number of carbonyl (C=O) groups is 1. The van der Waals surface area contributed by atoms with Crippen LogP contribution in [0.3, 0.4) is 0 Å². The Hall–Kier alpha value is -1.26. The third-order valence-electron chi connectivity index (χ3n) is 3.10. The number of rotatable bonds is 11. The largest absolute Gasteiger partial charge is 0.494 e. The summed E-state index contributed by atoms with van der Waals surface area (Å²) in [6.07, 6.45) is 3.37. The molecule has 120 valence electrons. The number of halogens is 1. The van der Waals surface area contributed by atoms with E-state index in [0.29, 0.717) is 13.2 Å². The van der Waals surface area contributed by atoms with Gasteiger partial charge in [0.15, 0.2) is 0 Å². The van der Waals surface area contributed by atoms with E-state index in [-0.39, 0.29) is 18.8 Å². The maximum atomic E-state index is 10.6.